The zero-order chi connectivity index (χ0) is 12.4. The number of rotatable bonds is 3. The maximum absolute atomic E-state index is 11.2. The standard InChI is InChI=1S/C11H11NO5/c1-7(13)8-2-3-9(10(6-8)12(14)15)11-16-4-5-17-11/h2-3,6,11H,4-5H2,1H3. The van der Waals surface area contributed by atoms with Crippen LogP contribution in [0.3, 0.4) is 0 Å². The molecular weight excluding hydrogens is 226 g/mol. The lowest BCUT2D eigenvalue weighted by Crippen LogP contribution is -2.05. The predicted octanol–water partition coefficient (Wildman–Crippen LogP) is 1.84. The van der Waals surface area contributed by atoms with E-state index < -0.39 is 11.2 Å². The van der Waals surface area contributed by atoms with Gasteiger partial charge in [0.25, 0.3) is 5.69 Å². The van der Waals surface area contributed by atoms with Gasteiger partial charge < -0.3 is 9.47 Å². The number of carbonyl (C=O) groups excluding carboxylic acids is 1. The highest BCUT2D eigenvalue weighted by atomic mass is 16.7. The quantitative estimate of drug-likeness (QED) is 0.455. The summed E-state index contributed by atoms with van der Waals surface area (Å²) in [5.74, 6) is -0.215. The van der Waals surface area contributed by atoms with Crippen molar-refractivity contribution in [3.05, 3.63) is 39.4 Å². The average Bonchev–Trinajstić information content (AvgIpc) is 2.81. The lowest BCUT2D eigenvalue weighted by atomic mass is 10.1. The van der Waals surface area contributed by atoms with Crippen LogP contribution in [0.4, 0.5) is 5.69 Å². The van der Waals surface area contributed by atoms with Crippen LogP contribution in [0, 0.1) is 10.1 Å². The van der Waals surface area contributed by atoms with Gasteiger partial charge in [0.05, 0.1) is 23.7 Å². The molecule has 2 rings (SSSR count). The SMILES string of the molecule is CC(=O)c1ccc(C2OCCO2)c([N+](=O)[O-])c1. The first-order valence-corrected chi connectivity index (χ1v) is 5.12. The van der Waals surface area contributed by atoms with Crippen LogP contribution in [0.2, 0.25) is 0 Å². The van der Waals surface area contributed by atoms with E-state index in [0.29, 0.717) is 24.3 Å². The molecule has 0 spiro atoms. The van der Waals surface area contributed by atoms with Gasteiger partial charge in [-0.15, -0.1) is 0 Å². The Kier molecular flexibility index (Phi) is 3.16. The molecule has 0 aromatic heterocycles. The van der Waals surface area contributed by atoms with Gasteiger partial charge in [-0.3, -0.25) is 14.9 Å². The Balaban J connectivity index is 2.44. The van der Waals surface area contributed by atoms with Crippen molar-refractivity contribution >= 4 is 11.5 Å². The fourth-order valence-electron chi connectivity index (χ4n) is 1.66. The zero-order valence-electron chi connectivity index (χ0n) is 9.21. The summed E-state index contributed by atoms with van der Waals surface area (Å²) in [5.41, 5.74) is 0.501. The molecule has 1 saturated heterocycles. The highest BCUT2D eigenvalue weighted by Crippen LogP contribution is 2.31. The summed E-state index contributed by atoms with van der Waals surface area (Å²) in [5, 5.41) is 10.9. The Morgan fingerprint density at radius 1 is 1.41 bits per heavy atom. The predicted molar refractivity (Wildman–Crippen MR) is 57.7 cm³/mol. The summed E-state index contributed by atoms with van der Waals surface area (Å²) in [6.45, 7) is 2.19. The van der Waals surface area contributed by atoms with Gasteiger partial charge in [-0.1, -0.05) is 6.07 Å². The van der Waals surface area contributed by atoms with Crippen molar-refractivity contribution in [3.8, 4) is 0 Å². The van der Waals surface area contributed by atoms with Crippen LogP contribution in [-0.2, 0) is 9.47 Å². The van der Waals surface area contributed by atoms with Crippen molar-refractivity contribution in [1.29, 1.82) is 0 Å². The molecular formula is C11H11NO5. The monoisotopic (exact) mass is 237 g/mol. The number of Topliss-reactive ketones (excluding diaryl/α,β-unsaturated/α-hetero) is 1. The van der Waals surface area contributed by atoms with Crippen LogP contribution >= 0.6 is 0 Å². The molecule has 1 heterocycles. The third-order valence-electron chi connectivity index (χ3n) is 2.51. The molecule has 6 nitrogen and oxygen atoms in total. The molecule has 1 fully saturated rings. The fourth-order valence-corrected chi connectivity index (χ4v) is 1.66. The number of carbonyl (C=O) groups is 1. The van der Waals surface area contributed by atoms with Crippen molar-refractivity contribution in [2.75, 3.05) is 13.2 Å². The summed E-state index contributed by atoms with van der Waals surface area (Å²) in [4.78, 5) is 21.6. The molecule has 0 radical (unpaired) electrons. The third kappa shape index (κ3) is 2.32. The van der Waals surface area contributed by atoms with Crippen LogP contribution in [0.5, 0.6) is 0 Å². The van der Waals surface area contributed by atoms with E-state index in [1.807, 2.05) is 0 Å². The van der Waals surface area contributed by atoms with Gasteiger partial charge in [0.15, 0.2) is 12.1 Å². The number of hydrogen-bond donors (Lipinski definition) is 0. The minimum Gasteiger partial charge on any atom is -0.346 e. The van der Waals surface area contributed by atoms with Crippen molar-refractivity contribution in [3.63, 3.8) is 0 Å². The largest absolute Gasteiger partial charge is 0.346 e. The minimum atomic E-state index is -0.712. The minimum absolute atomic E-state index is 0.149. The number of benzene rings is 1. The second kappa shape index (κ2) is 4.60. The van der Waals surface area contributed by atoms with E-state index in [-0.39, 0.29) is 11.5 Å². The topological polar surface area (TPSA) is 78.7 Å². The van der Waals surface area contributed by atoms with Gasteiger partial charge in [-0.2, -0.15) is 0 Å². The molecule has 90 valence electrons. The maximum atomic E-state index is 11.2. The lowest BCUT2D eigenvalue weighted by Gasteiger charge is -2.10. The highest BCUT2D eigenvalue weighted by Gasteiger charge is 2.27. The van der Waals surface area contributed by atoms with E-state index in [4.69, 9.17) is 9.47 Å². The Hall–Kier alpha value is -1.79. The second-order valence-corrected chi connectivity index (χ2v) is 3.66. The van der Waals surface area contributed by atoms with Crippen molar-refractivity contribution in [2.45, 2.75) is 13.2 Å². The second-order valence-electron chi connectivity index (χ2n) is 3.66. The molecule has 1 aromatic rings. The van der Waals surface area contributed by atoms with E-state index in [1.54, 1.807) is 0 Å². The van der Waals surface area contributed by atoms with Crippen molar-refractivity contribution in [2.24, 2.45) is 0 Å². The van der Waals surface area contributed by atoms with E-state index in [1.165, 1.54) is 25.1 Å². The van der Waals surface area contributed by atoms with Crippen LogP contribution in [0.15, 0.2) is 18.2 Å². The van der Waals surface area contributed by atoms with E-state index in [9.17, 15) is 14.9 Å². The Labute approximate surface area is 97.3 Å². The van der Waals surface area contributed by atoms with Crippen LogP contribution in [-0.4, -0.2) is 23.9 Å². The first-order chi connectivity index (χ1) is 8.09. The Morgan fingerprint density at radius 3 is 2.59 bits per heavy atom. The number of nitro groups is 1. The van der Waals surface area contributed by atoms with Gasteiger partial charge in [-0.05, 0) is 13.0 Å². The summed E-state index contributed by atoms with van der Waals surface area (Å²) in [6, 6.07) is 4.29. The third-order valence-corrected chi connectivity index (χ3v) is 2.51. The summed E-state index contributed by atoms with van der Waals surface area (Å²) in [7, 11) is 0. The molecule has 0 aliphatic carbocycles. The normalized spacial score (nSPS) is 16.1. The smallest absolute Gasteiger partial charge is 0.278 e. The number of hydrogen-bond acceptors (Lipinski definition) is 5. The van der Waals surface area contributed by atoms with Gasteiger partial charge in [0, 0.05) is 11.6 Å². The van der Waals surface area contributed by atoms with Crippen molar-refractivity contribution in [1.82, 2.24) is 0 Å². The van der Waals surface area contributed by atoms with Crippen LogP contribution < -0.4 is 0 Å². The number of nitro benzene ring substituents is 1. The molecule has 17 heavy (non-hydrogen) atoms. The molecule has 0 saturated carbocycles. The number of ketones is 1. The number of nitrogens with zero attached hydrogens (tertiary/aromatic N) is 1. The number of ether oxygens (including phenoxy) is 2. The van der Waals surface area contributed by atoms with Gasteiger partial charge in [-0.25, -0.2) is 0 Å². The molecule has 6 heteroatoms. The molecule has 1 aliphatic rings. The fraction of sp³-hybridized carbons (Fsp3) is 0.364. The van der Waals surface area contributed by atoms with E-state index in [0.717, 1.165) is 0 Å². The molecule has 0 unspecified atom stereocenters. The molecule has 1 aromatic carbocycles. The molecule has 1 aliphatic heterocycles. The molecule has 0 bridgehead atoms. The average molecular weight is 237 g/mol. The summed E-state index contributed by atoms with van der Waals surface area (Å²) < 4.78 is 10.4. The molecule has 0 N–H and O–H groups in total. The Bertz CT molecular complexity index is 465. The van der Waals surface area contributed by atoms with Gasteiger partial charge >= 0.3 is 0 Å². The Morgan fingerprint density at radius 2 is 2.06 bits per heavy atom. The molecule has 0 amide bonds. The van der Waals surface area contributed by atoms with E-state index in [2.05, 4.69) is 0 Å². The summed E-state index contributed by atoms with van der Waals surface area (Å²) in [6.07, 6.45) is -0.712. The maximum Gasteiger partial charge on any atom is 0.278 e. The van der Waals surface area contributed by atoms with E-state index >= 15 is 0 Å². The first-order valence-electron chi connectivity index (χ1n) is 5.12. The highest BCUT2D eigenvalue weighted by molar-refractivity contribution is 5.94. The first kappa shape index (κ1) is 11.7. The lowest BCUT2D eigenvalue weighted by molar-refractivity contribution is -0.386. The zero-order valence-corrected chi connectivity index (χ0v) is 9.21. The van der Waals surface area contributed by atoms with Crippen LogP contribution in [0.25, 0.3) is 0 Å². The van der Waals surface area contributed by atoms with Crippen molar-refractivity contribution < 1.29 is 19.2 Å². The van der Waals surface area contributed by atoms with Gasteiger partial charge in [0.1, 0.15) is 0 Å². The van der Waals surface area contributed by atoms with Crippen LogP contribution in [0.1, 0.15) is 29.1 Å². The summed E-state index contributed by atoms with van der Waals surface area (Å²) >= 11 is 0. The molecule has 0 atom stereocenters. The van der Waals surface area contributed by atoms with Gasteiger partial charge in [0.2, 0.25) is 0 Å².